The van der Waals surface area contributed by atoms with E-state index in [1.807, 2.05) is 6.07 Å². The van der Waals surface area contributed by atoms with Crippen LogP contribution in [-0.2, 0) is 9.53 Å². The molecule has 0 bridgehead atoms. The van der Waals surface area contributed by atoms with E-state index in [1.165, 1.54) is 12.1 Å². The highest BCUT2D eigenvalue weighted by atomic mass is 35.5. The van der Waals surface area contributed by atoms with E-state index >= 15 is 0 Å². The standard InChI is InChI=1S/C21H23ClFN3O3/c22-17-7-6-15(10-18(17)23)20-16(11-24-8-9-29-20)12-25-19(27)13-26-21(28)14-4-2-1-3-5-14/h1-7,10,16,20,24H,8-9,11-13H2,(H,25,27)(H,26,28). The van der Waals surface area contributed by atoms with Gasteiger partial charge in [-0.25, -0.2) is 4.39 Å². The van der Waals surface area contributed by atoms with Gasteiger partial charge in [-0.2, -0.15) is 0 Å². The molecule has 1 fully saturated rings. The summed E-state index contributed by atoms with van der Waals surface area (Å²) in [7, 11) is 0. The van der Waals surface area contributed by atoms with Crippen LogP contribution in [0.5, 0.6) is 0 Å². The van der Waals surface area contributed by atoms with Gasteiger partial charge in [-0.15, -0.1) is 0 Å². The minimum absolute atomic E-state index is 0.0551. The molecule has 1 aliphatic heterocycles. The van der Waals surface area contributed by atoms with Gasteiger partial charge in [-0.3, -0.25) is 9.59 Å². The molecule has 2 atom stereocenters. The zero-order chi connectivity index (χ0) is 20.6. The van der Waals surface area contributed by atoms with Crippen LogP contribution in [0.25, 0.3) is 0 Å². The third kappa shape index (κ3) is 6.00. The lowest BCUT2D eigenvalue weighted by Crippen LogP contribution is -2.41. The van der Waals surface area contributed by atoms with Gasteiger partial charge in [0.05, 0.1) is 24.3 Å². The molecule has 1 saturated heterocycles. The van der Waals surface area contributed by atoms with Crippen molar-refractivity contribution in [2.24, 2.45) is 5.92 Å². The monoisotopic (exact) mass is 419 g/mol. The van der Waals surface area contributed by atoms with Crippen molar-refractivity contribution in [2.45, 2.75) is 6.10 Å². The van der Waals surface area contributed by atoms with Crippen LogP contribution in [0.3, 0.4) is 0 Å². The van der Waals surface area contributed by atoms with Crippen molar-refractivity contribution < 1.29 is 18.7 Å². The van der Waals surface area contributed by atoms with E-state index in [2.05, 4.69) is 16.0 Å². The molecule has 8 heteroatoms. The molecule has 0 saturated carbocycles. The summed E-state index contributed by atoms with van der Waals surface area (Å²) >= 11 is 5.78. The fraction of sp³-hybridized carbons (Fsp3) is 0.333. The fourth-order valence-corrected chi connectivity index (χ4v) is 3.30. The highest BCUT2D eigenvalue weighted by molar-refractivity contribution is 6.30. The first-order chi connectivity index (χ1) is 14.0. The third-order valence-electron chi connectivity index (χ3n) is 4.69. The van der Waals surface area contributed by atoms with Crippen LogP contribution in [0.4, 0.5) is 4.39 Å². The van der Waals surface area contributed by atoms with E-state index in [0.29, 0.717) is 37.4 Å². The fourth-order valence-electron chi connectivity index (χ4n) is 3.19. The Labute approximate surface area is 173 Å². The van der Waals surface area contributed by atoms with Crippen LogP contribution in [0.15, 0.2) is 48.5 Å². The van der Waals surface area contributed by atoms with Crippen LogP contribution < -0.4 is 16.0 Å². The Balaban J connectivity index is 1.55. The van der Waals surface area contributed by atoms with E-state index in [9.17, 15) is 14.0 Å². The molecule has 0 aliphatic carbocycles. The lowest BCUT2D eigenvalue weighted by atomic mass is 9.95. The largest absolute Gasteiger partial charge is 0.372 e. The molecule has 0 aromatic heterocycles. The molecule has 29 heavy (non-hydrogen) atoms. The van der Waals surface area contributed by atoms with Crippen molar-refractivity contribution >= 4 is 23.4 Å². The Kier molecular flexibility index (Phi) is 7.57. The van der Waals surface area contributed by atoms with Crippen molar-refractivity contribution in [2.75, 3.05) is 32.8 Å². The smallest absolute Gasteiger partial charge is 0.251 e. The number of nitrogens with one attached hydrogen (secondary N) is 3. The van der Waals surface area contributed by atoms with Crippen LogP contribution in [0.2, 0.25) is 5.02 Å². The minimum Gasteiger partial charge on any atom is -0.372 e. The van der Waals surface area contributed by atoms with Gasteiger partial charge in [0.2, 0.25) is 5.91 Å². The third-order valence-corrected chi connectivity index (χ3v) is 5.00. The highest BCUT2D eigenvalue weighted by Gasteiger charge is 2.27. The summed E-state index contributed by atoms with van der Waals surface area (Å²) < 4.78 is 19.8. The van der Waals surface area contributed by atoms with Crippen molar-refractivity contribution in [1.29, 1.82) is 0 Å². The Morgan fingerprint density at radius 3 is 2.72 bits per heavy atom. The molecular formula is C21H23ClFN3O3. The lowest BCUT2D eigenvalue weighted by molar-refractivity contribution is -0.120. The second-order valence-electron chi connectivity index (χ2n) is 6.78. The maximum Gasteiger partial charge on any atom is 0.251 e. The Bertz CT molecular complexity index is 850. The minimum atomic E-state index is -0.503. The van der Waals surface area contributed by atoms with Gasteiger partial charge in [0, 0.05) is 31.1 Å². The first kappa shape index (κ1) is 21.2. The molecule has 3 N–H and O–H groups in total. The van der Waals surface area contributed by atoms with Gasteiger partial charge in [0.25, 0.3) is 5.91 Å². The molecule has 154 valence electrons. The first-order valence-electron chi connectivity index (χ1n) is 9.42. The molecular weight excluding hydrogens is 397 g/mol. The second kappa shape index (κ2) is 10.3. The summed E-state index contributed by atoms with van der Waals surface area (Å²) in [5.41, 5.74) is 1.17. The summed E-state index contributed by atoms with van der Waals surface area (Å²) in [5.74, 6) is -1.22. The SMILES string of the molecule is O=C(CNC(=O)c1ccccc1)NCC1CNCCOC1c1ccc(Cl)c(F)c1. The topological polar surface area (TPSA) is 79.5 Å². The summed E-state index contributed by atoms with van der Waals surface area (Å²) in [5, 5.41) is 8.72. The van der Waals surface area contributed by atoms with Crippen LogP contribution in [0, 0.1) is 11.7 Å². The number of amides is 2. The highest BCUT2D eigenvalue weighted by Crippen LogP contribution is 2.29. The van der Waals surface area contributed by atoms with Gasteiger partial charge in [-0.1, -0.05) is 35.9 Å². The number of ether oxygens (including phenoxy) is 1. The number of carbonyl (C=O) groups is 2. The lowest BCUT2D eigenvalue weighted by Gasteiger charge is -2.25. The predicted molar refractivity (Wildman–Crippen MR) is 108 cm³/mol. The quantitative estimate of drug-likeness (QED) is 0.671. The Morgan fingerprint density at radius 1 is 1.17 bits per heavy atom. The number of hydrogen-bond acceptors (Lipinski definition) is 4. The molecule has 0 spiro atoms. The maximum atomic E-state index is 13.9. The summed E-state index contributed by atoms with van der Waals surface area (Å²) in [4.78, 5) is 24.2. The van der Waals surface area contributed by atoms with Gasteiger partial charge in [0.1, 0.15) is 5.82 Å². The summed E-state index contributed by atoms with van der Waals surface area (Å²) in [6, 6.07) is 13.3. The number of halogens is 2. The van der Waals surface area contributed by atoms with Crippen LogP contribution >= 0.6 is 11.6 Å². The molecule has 2 unspecified atom stereocenters. The van der Waals surface area contributed by atoms with Gasteiger partial charge < -0.3 is 20.7 Å². The van der Waals surface area contributed by atoms with Crippen LogP contribution in [0.1, 0.15) is 22.0 Å². The van der Waals surface area contributed by atoms with E-state index in [4.69, 9.17) is 16.3 Å². The second-order valence-corrected chi connectivity index (χ2v) is 7.19. The van der Waals surface area contributed by atoms with E-state index in [1.54, 1.807) is 30.3 Å². The molecule has 2 amide bonds. The van der Waals surface area contributed by atoms with Gasteiger partial charge in [0.15, 0.2) is 0 Å². The van der Waals surface area contributed by atoms with E-state index in [-0.39, 0.29) is 35.4 Å². The first-order valence-corrected chi connectivity index (χ1v) is 9.79. The molecule has 1 heterocycles. The van der Waals surface area contributed by atoms with Crippen molar-refractivity contribution in [3.05, 3.63) is 70.5 Å². The Hall–Kier alpha value is -2.48. The Morgan fingerprint density at radius 2 is 1.97 bits per heavy atom. The molecule has 2 aromatic rings. The average Bonchev–Trinajstić information content (AvgIpc) is 2.98. The van der Waals surface area contributed by atoms with Gasteiger partial charge >= 0.3 is 0 Å². The molecule has 3 rings (SSSR count). The normalized spacial score (nSPS) is 19.2. The molecule has 0 radical (unpaired) electrons. The number of rotatable bonds is 6. The van der Waals surface area contributed by atoms with E-state index in [0.717, 1.165) is 0 Å². The summed E-state index contributed by atoms with van der Waals surface area (Å²) in [6.45, 7) is 1.94. The number of carbonyl (C=O) groups excluding carboxylic acids is 2. The zero-order valence-electron chi connectivity index (χ0n) is 15.8. The molecule has 1 aliphatic rings. The zero-order valence-corrected chi connectivity index (χ0v) is 16.5. The van der Waals surface area contributed by atoms with Crippen molar-refractivity contribution in [1.82, 2.24) is 16.0 Å². The molecule has 6 nitrogen and oxygen atoms in total. The number of benzene rings is 2. The number of hydrogen-bond donors (Lipinski definition) is 3. The van der Waals surface area contributed by atoms with Crippen molar-refractivity contribution in [3.8, 4) is 0 Å². The van der Waals surface area contributed by atoms with Gasteiger partial charge in [-0.05, 0) is 29.8 Å². The molecule has 2 aromatic carbocycles. The average molecular weight is 420 g/mol. The van der Waals surface area contributed by atoms with E-state index < -0.39 is 5.82 Å². The summed E-state index contributed by atoms with van der Waals surface area (Å²) in [6.07, 6.45) is -0.379. The van der Waals surface area contributed by atoms with Crippen molar-refractivity contribution in [3.63, 3.8) is 0 Å². The predicted octanol–water partition coefficient (Wildman–Crippen LogP) is 2.30. The maximum absolute atomic E-state index is 13.9. The van der Waals surface area contributed by atoms with Crippen LogP contribution in [-0.4, -0.2) is 44.6 Å².